The minimum atomic E-state index is 0.853. The quantitative estimate of drug-likeness (QED) is 0.711. The van der Waals surface area contributed by atoms with Crippen molar-refractivity contribution in [2.45, 2.75) is 12.8 Å². The monoisotopic (exact) mass is 247 g/mol. The van der Waals surface area contributed by atoms with Crippen LogP contribution in [0.4, 0.5) is 5.69 Å². The van der Waals surface area contributed by atoms with Gasteiger partial charge in [0.05, 0.1) is 0 Å². The van der Waals surface area contributed by atoms with E-state index in [1.54, 1.807) is 0 Å². The van der Waals surface area contributed by atoms with Crippen LogP contribution in [0.1, 0.15) is 11.1 Å². The Morgan fingerprint density at radius 1 is 1.14 bits per heavy atom. The molecule has 2 N–H and O–H groups in total. The fourth-order valence-electron chi connectivity index (χ4n) is 2.32. The fraction of sp³-hybridized carbons (Fsp3) is 0.167. The van der Waals surface area contributed by atoms with Gasteiger partial charge in [0.2, 0.25) is 0 Å². The molecule has 0 bridgehead atoms. The molecule has 0 unspecified atom stereocenters. The molecular weight excluding hydrogens is 238 g/mol. The van der Waals surface area contributed by atoms with Gasteiger partial charge in [-0.1, -0.05) is 18.2 Å². The summed E-state index contributed by atoms with van der Waals surface area (Å²) in [6.45, 7) is 0. The molecule has 3 rings (SSSR count). The third kappa shape index (κ3) is 0.947. The summed E-state index contributed by atoms with van der Waals surface area (Å²) in [6.07, 6.45) is 2.29. The van der Waals surface area contributed by atoms with E-state index < -0.39 is 0 Å². The van der Waals surface area contributed by atoms with Gasteiger partial charge in [0.15, 0.2) is 0 Å². The zero-order valence-corrected chi connectivity index (χ0v) is 9.26. The first-order chi connectivity index (χ1) is 6.77. The molecule has 1 nitrogen and oxygen atoms in total. The van der Waals surface area contributed by atoms with Crippen molar-refractivity contribution >= 4 is 32.4 Å². The lowest BCUT2D eigenvalue weighted by Gasteiger charge is -2.06. The van der Waals surface area contributed by atoms with Crippen molar-refractivity contribution in [1.82, 2.24) is 0 Å². The van der Waals surface area contributed by atoms with E-state index in [-0.39, 0.29) is 0 Å². The Kier molecular flexibility index (Phi) is 1.62. The van der Waals surface area contributed by atoms with Gasteiger partial charge in [0.1, 0.15) is 0 Å². The van der Waals surface area contributed by atoms with E-state index in [9.17, 15) is 0 Å². The molecule has 1 aliphatic carbocycles. The van der Waals surface area contributed by atoms with Crippen LogP contribution in [0.2, 0.25) is 0 Å². The summed E-state index contributed by atoms with van der Waals surface area (Å²) in [6, 6.07) is 8.55. The molecule has 0 amide bonds. The summed E-state index contributed by atoms with van der Waals surface area (Å²) in [7, 11) is 0. The van der Waals surface area contributed by atoms with E-state index in [0.717, 1.165) is 23.0 Å². The number of benzene rings is 2. The van der Waals surface area contributed by atoms with Crippen LogP contribution in [0.5, 0.6) is 0 Å². The number of nitrogens with two attached hydrogens (primary N) is 1. The molecule has 0 saturated heterocycles. The highest BCUT2D eigenvalue weighted by molar-refractivity contribution is 9.10. The number of hydrogen-bond donors (Lipinski definition) is 1. The lowest BCUT2D eigenvalue weighted by atomic mass is 10.0. The van der Waals surface area contributed by atoms with Gasteiger partial charge in [-0.25, -0.2) is 0 Å². The first kappa shape index (κ1) is 8.30. The zero-order chi connectivity index (χ0) is 9.71. The van der Waals surface area contributed by atoms with Crippen LogP contribution in [0, 0.1) is 0 Å². The molecular formula is C12H10BrN. The lowest BCUT2D eigenvalue weighted by molar-refractivity contribution is 1.02. The van der Waals surface area contributed by atoms with E-state index >= 15 is 0 Å². The normalized spacial score (nSPS) is 13.8. The molecule has 1 aliphatic rings. The highest BCUT2D eigenvalue weighted by atomic mass is 79.9. The molecule has 2 aromatic rings. The predicted octanol–water partition coefficient (Wildman–Crippen LogP) is 3.28. The second-order valence-corrected chi connectivity index (χ2v) is 4.57. The van der Waals surface area contributed by atoms with Gasteiger partial charge in [0.25, 0.3) is 0 Å². The summed E-state index contributed by atoms with van der Waals surface area (Å²) in [4.78, 5) is 0. The van der Waals surface area contributed by atoms with E-state index in [1.165, 1.54) is 21.9 Å². The Morgan fingerprint density at radius 3 is 2.79 bits per heavy atom. The van der Waals surface area contributed by atoms with Crippen LogP contribution >= 0.6 is 15.9 Å². The molecule has 0 aliphatic heterocycles. The number of aryl methyl sites for hydroxylation is 2. The molecule has 2 heteroatoms. The van der Waals surface area contributed by atoms with Crippen molar-refractivity contribution in [3.05, 3.63) is 39.9 Å². The summed E-state index contributed by atoms with van der Waals surface area (Å²) >= 11 is 3.55. The van der Waals surface area contributed by atoms with E-state index in [1.807, 2.05) is 0 Å². The Labute approximate surface area is 91.0 Å². The number of hydrogen-bond acceptors (Lipinski definition) is 1. The minimum absolute atomic E-state index is 0.853. The topological polar surface area (TPSA) is 26.0 Å². The SMILES string of the molecule is Nc1cc2c3c(cccc3c1Br)CC2. The molecule has 2 aromatic carbocycles. The molecule has 0 saturated carbocycles. The first-order valence-corrected chi connectivity index (χ1v) is 5.55. The second-order valence-electron chi connectivity index (χ2n) is 3.78. The van der Waals surface area contributed by atoms with Crippen LogP contribution in [-0.2, 0) is 12.8 Å². The largest absolute Gasteiger partial charge is 0.398 e. The van der Waals surface area contributed by atoms with Crippen LogP contribution in [0.3, 0.4) is 0 Å². The molecule has 0 radical (unpaired) electrons. The van der Waals surface area contributed by atoms with Crippen molar-refractivity contribution < 1.29 is 0 Å². The smallest absolute Gasteiger partial charge is 0.0483 e. The van der Waals surface area contributed by atoms with E-state index in [4.69, 9.17) is 5.73 Å². The van der Waals surface area contributed by atoms with E-state index in [0.29, 0.717) is 0 Å². The average molecular weight is 248 g/mol. The van der Waals surface area contributed by atoms with Gasteiger partial charge >= 0.3 is 0 Å². The third-order valence-electron chi connectivity index (χ3n) is 2.96. The Bertz CT molecular complexity index is 531. The van der Waals surface area contributed by atoms with Gasteiger partial charge in [0, 0.05) is 10.2 Å². The lowest BCUT2D eigenvalue weighted by Crippen LogP contribution is -1.90. The van der Waals surface area contributed by atoms with Gasteiger partial charge in [-0.05, 0) is 56.7 Å². The van der Waals surface area contributed by atoms with Gasteiger partial charge in [-0.15, -0.1) is 0 Å². The van der Waals surface area contributed by atoms with Gasteiger partial charge < -0.3 is 5.73 Å². The van der Waals surface area contributed by atoms with E-state index in [2.05, 4.69) is 40.2 Å². The van der Waals surface area contributed by atoms with Crippen molar-refractivity contribution in [3.8, 4) is 0 Å². The summed E-state index contributed by atoms with van der Waals surface area (Å²) in [5, 5.41) is 2.67. The minimum Gasteiger partial charge on any atom is -0.398 e. The highest BCUT2D eigenvalue weighted by Crippen LogP contribution is 2.38. The van der Waals surface area contributed by atoms with Gasteiger partial charge in [-0.3, -0.25) is 0 Å². The summed E-state index contributed by atoms with van der Waals surface area (Å²) in [5.41, 5.74) is 9.65. The number of rotatable bonds is 0. The molecule has 14 heavy (non-hydrogen) atoms. The standard InChI is InChI=1S/C12H10BrN/c13-12-9-3-1-2-7-4-5-8(11(7)9)6-10(12)14/h1-3,6H,4-5,14H2. The molecule has 0 spiro atoms. The molecule has 0 atom stereocenters. The van der Waals surface area contributed by atoms with Crippen LogP contribution in [-0.4, -0.2) is 0 Å². The third-order valence-corrected chi connectivity index (χ3v) is 3.84. The summed E-state index contributed by atoms with van der Waals surface area (Å²) in [5.74, 6) is 0. The number of nitrogen functional groups attached to an aromatic ring is 1. The van der Waals surface area contributed by atoms with Crippen LogP contribution in [0.15, 0.2) is 28.7 Å². The Balaban J connectivity index is 2.57. The zero-order valence-electron chi connectivity index (χ0n) is 7.68. The Hall–Kier alpha value is -1.02. The van der Waals surface area contributed by atoms with Crippen LogP contribution < -0.4 is 5.73 Å². The second kappa shape index (κ2) is 2.74. The van der Waals surface area contributed by atoms with Crippen LogP contribution in [0.25, 0.3) is 10.8 Å². The number of halogens is 1. The Morgan fingerprint density at radius 2 is 1.93 bits per heavy atom. The maximum Gasteiger partial charge on any atom is 0.0483 e. The molecule has 0 fully saturated rings. The van der Waals surface area contributed by atoms with Gasteiger partial charge in [-0.2, -0.15) is 0 Å². The average Bonchev–Trinajstić information content (AvgIpc) is 2.59. The molecule has 0 aromatic heterocycles. The number of anilines is 1. The fourth-order valence-corrected chi connectivity index (χ4v) is 2.76. The van der Waals surface area contributed by atoms with Crippen molar-refractivity contribution in [2.24, 2.45) is 0 Å². The van der Waals surface area contributed by atoms with Crippen molar-refractivity contribution in [3.63, 3.8) is 0 Å². The molecule has 70 valence electrons. The van der Waals surface area contributed by atoms with Crippen molar-refractivity contribution in [2.75, 3.05) is 5.73 Å². The highest BCUT2D eigenvalue weighted by Gasteiger charge is 2.16. The molecule has 0 heterocycles. The maximum atomic E-state index is 5.94. The summed E-state index contributed by atoms with van der Waals surface area (Å²) < 4.78 is 1.04. The first-order valence-electron chi connectivity index (χ1n) is 4.76. The predicted molar refractivity (Wildman–Crippen MR) is 63.5 cm³/mol. The maximum absolute atomic E-state index is 5.94. The van der Waals surface area contributed by atoms with Crippen molar-refractivity contribution in [1.29, 1.82) is 0 Å².